The van der Waals surface area contributed by atoms with Crippen LogP contribution >= 0.6 is 11.6 Å². The molecule has 0 amide bonds. The maximum absolute atomic E-state index is 6.31. The average Bonchev–Trinajstić information content (AvgIpc) is 2.81. The Balaban J connectivity index is 1.78. The van der Waals surface area contributed by atoms with E-state index in [1.165, 1.54) is 0 Å². The first-order valence-corrected chi connectivity index (χ1v) is 7.60. The first-order valence-electron chi connectivity index (χ1n) is 7.23. The Morgan fingerprint density at radius 3 is 3.10 bits per heavy atom. The Morgan fingerprint density at radius 2 is 2.30 bits per heavy atom. The van der Waals surface area contributed by atoms with Gasteiger partial charge < -0.3 is 10.5 Å². The molecule has 108 valence electrons. The number of halogens is 1. The van der Waals surface area contributed by atoms with Crippen LogP contribution in [0.2, 0.25) is 5.02 Å². The van der Waals surface area contributed by atoms with E-state index in [-0.39, 0.29) is 5.60 Å². The van der Waals surface area contributed by atoms with Crippen LogP contribution in [0.4, 0.5) is 0 Å². The van der Waals surface area contributed by atoms with E-state index in [9.17, 15) is 0 Å². The summed E-state index contributed by atoms with van der Waals surface area (Å²) in [7, 11) is 0. The molecule has 2 N–H and O–H groups in total. The monoisotopic (exact) mass is 292 g/mol. The van der Waals surface area contributed by atoms with Gasteiger partial charge in [-0.05, 0) is 50.2 Å². The van der Waals surface area contributed by atoms with Crippen LogP contribution < -0.4 is 10.5 Å². The van der Waals surface area contributed by atoms with Gasteiger partial charge in [-0.1, -0.05) is 17.7 Å². The van der Waals surface area contributed by atoms with E-state index in [0.29, 0.717) is 0 Å². The van der Waals surface area contributed by atoms with Gasteiger partial charge in [0.15, 0.2) is 0 Å². The number of aryl methyl sites for hydroxylation is 1. The van der Waals surface area contributed by atoms with Crippen LogP contribution in [0.25, 0.3) is 6.08 Å². The lowest BCUT2D eigenvalue weighted by molar-refractivity contribution is 0.123. The number of benzene rings is 1. The van der Waals surface area contributed by atoms with Gasteiger partial charge >= 0.3 is 0 Å². The number of nitrogens with two attached hydrogens (primary N) is 1. The maximum atomic E-state index is 6.31. The molecule has 0 radical (unpaired) electrons. The summed E-state index contributed by atoms with van der Waals surface area (Å²) in [4.78, 5) is 2.44. The first kappa shape index (κ1) is 13.9. The molecule has 1 saturated heterocycles. The molecule has 3 rings (SSSR count). The Kier molecular flexibility index (Phi) is 3.76. The van der Waals surface area contributed by atoms with Gasteiger partial charge in [0, 0.05) is 30.1 Å². The summed E-state index contributed by atoms with van der Waals surface area (Å²) in [6, 6.07) is 4.03. The third-order valence-electron chi connectivity index (χ3n) is 4.19. The minimum absolute atomic E-state index is 0.165. The Morgan fingerprint density at radius 1 is 1.45 bits per heavy atom. The summed E-state index contributed by atoms with van der Waals surface area (Å²) >= 11 is 6.17. The number of likely N-dealkylation sites (tertiary alicyclic amines) is 1. The largest absolute Gasteiger partial charge is 0.481 e. The van der Waals surface area contributed by atoms with E-state index in [2.05, 4.69) is 17.1 Å². The van der Waals surface area contributed by atoms with Gasteiger partial charge in [0.1, 0.15) is 11.4 Å². The second-order valence-electron chi connectivity index (χ2n) is 5.81. The van der Waals surface area contributed by atoms with Crippen molar-refractivity contribution in [2.75, 3.05) is 26.2 Å². The molecule has 1 aromatic rings. The van der Waals surface area contributed by atoms with Gasteiger partial charge in [-0.25, -0.2) is 0 Å². The van der Waals surface area contributed by atoms with Crippen molar-refractivity contribution in [3.8, 4) is 5.75 Å². The molecule has 0 bridgehead atoms. The third-order valence-corrected chi connectivity index (χ3v) is 4.60. The van der Waals surface area contributed by atoms with Gasteiger partial charge in [-0.3, -0.25) is 4.90 Å². The van der Waals surface area contributed by atoms with Gasteiger partial charge in [0.2, 0.25) is 0 Å². The van der Waals surface area contributed by atoms with Gasteiger partial charge in [0.05, 0.1) is 0 Å². The van der Waals surface area contributed by atoms with E-state index in [1.54, 1.807) is 0 Å². The fraction of sp³-hybridized carbons (Fsp3) is 0.500. The molecule has 1 atom stereocenters. The summed E-state index contributed by atoms with van der Waals surface area (Å²) in [5.74, 6) is 0.954. The Labute approximate surface area is 125 Å². The fourth-order valence-electron chi connectivity index (χ4n) is 2.99. The predicted molar refractivity (Wildman–Crippen MR) is 83.3 cm³/mol. The normalized spacial score (nSPS) is 24.9. The van der Waals surface area contributed by atoms with Crippen molar-refractivity contribution in [1.29, 1.82) is 0 Å². The van der Waals surface area contributed by atoms with Gasteiger partial charge in [-0.2, -0.15) is 0 Å². The van der Waals surface area contributed by atoms with Crippen molar-refractivity contribution >= 4 is 17.7 Å². The zero-order chi connectivity index (χ0) is 14.2. The Bertz CT molecular complexity index is 544. The summed E-state index contributed by atoms with van der Waals surface area (Å²) in [5, 5.41) is 0.795. The minimum Gasteiger partial charge on any atom is -0.481 e. The Hall–Kier alpha value is -1.03. The molecule has 0 aliphatic carbocycles. The van der Waals surface area contributed by atoms with E-state index in [1.807, 2.05) is 19.1 Å². The van der Waals surface area contributed by atoms with Crippen molar-refractivity contribution in [2.24, 2.45) is 5.73 Å². The standard InChI is InChI=1S/C16H21ClN2O/c1-12-9-15-13(10-14(12)17)3-4-16(20-15)5-8-19(11-16)7-2-6-18/h3-4,9-10H,2,5-8,11,18H2,1H3. The van der Waals surface area contributed by atoms with Crippen molar-refractivity contribution in [2.45, 2.75) is 25.4 Å². The molecule has 1 unspecified atom stereocenters. The predicted octanol–water partition coefficient (Wildman–Crippen LogP) is 2.85. The molecular formula is C16H21ClN2O. The quantitative estimate of drug-likeness (QED) is 0.931. The second-order valence-corrected chi connectivity index (χ2v) is 6.21. The van der Waals surface area contributed by atoms with E-state index >= 15 is 0 Å². The highest BCUT2D eigenvalue weighted by Crippen LogP contribution is 2.38. The smallest absolute Gasteiger partial charge is 0.141 e. The lowest BCUT2D eigenvalue weighted by Gasteiger charge is -2.32. The van der Waals surface area contributed by atoms with Crippen LogP contribution in [0.3, 0.4) is 0 Å². The first-order chi connectivity index (χ1) is 9.62. The van der Waals surface area contributed by atoms with Crippen LogP contribution in [0.5, 0.6) is 5.75 Å². The molecule has 0 saturated carbocycles. The molecule has 2 aliphatic rings. The highest BCUT2D eigenvalue weighted by Gasteiger charge is 2.39. The molecule has 1 spiro atoms. The molecule has 2 heterocycles. The molecule has 3 nitrogen and oxygen atoms in total. The van der Waals surface area contributed by atoms with Gasteiger partial charge in [-0.15, -0.1) is 0 Å². The number of rotatable bonds is 3. The van der Waals surface area contributed by atoms with Crippen LogP contribution in [0, 0.1) is 6.92 Å². The fourth-order valence-corrected chi connectivity index (χ4v) is 3.16. The van der Waals surface area contributed by atoms with Crippen molar-refractivity contribution < 1.29 is 4.74 Å². The van der Waals surface area contributed by atoms with E-state index in [4.69, 9.17) is 22.1 Å². The summed E-state index contributed by atoms with van der Waals surface area (Å²) in [6.45, 7) is 5.85. The number of fused-ring (bicyclic) bond motifs is 1. The number of hydrogen-bond donors (Lipinski definition) is 1. The minimum atomic E-state index is -0.165. The van der Waals surface area contributed by atoms with Crippen LogP contribution in [0.15, 0.2) is 18.2 Å². The summed E-state index contributed by atoms with van der Waals surface area (Å²) in [5.41, 5.74) is 7.56. The molecule has 4 heteroatoms. The molecular weight excluding hydrogens is 272 g/mol. The third kappa shape index (κ3) is 2.58. The van der Waals surface area contributed by atoms with E-state index in [0.717, 1.165) is 60.9 Å². The van der Waals surface area contributed by atoms with Gasteiger partial charge in [0.25, 0.3) is 0 Å². The SMILES string of the molecule is Cc1cc2c(cc1Cl)C=CC1(CCN(CCCN)C1)O2. The maximum Gasteiger partial charge on any atom is 0.141 e. The number of ether oxygens (including phenoxy) is 1. The summed E-state index contributed by atoms with van der Waals surface area (Å²) in [6.07, 6.45) is 6.43. The van der Waals surface area contributed by atoms with Crippen molar-refractivity contribution in [1.82, 2.24) is 4.90 Å². The molecule has 1 aromatic carbocycles. The zero-order valence-corrected chi connectivity index (χ0v) is 12.6. The number of nitrogens with zero attached hydrogens (tertiary/aromatic N) is 1. The molecule has 0 aromatic heterocycles. The second kappa shape index (κ2) is 5.40. The van der Waals surface area contributed by atoms with Crippen LogP contribution in [-0.4, -0.2) is 36.7 Å². The van der Waals surface area contributed by atoms with Crippen molar-refractivity contribution in [3.05, 3.63) is 34.4 Å². The highest BCUT2D eigenvalue weighted by molar-refractivity contribution is 6.31. The lowest BCUT2D eigenvalue weighted by Crippen LogP contribution is -2.39. The van der Waals surface area contributed by atoms with E-state index < -0.39 is 0 Å². The lowest BCUT2D eigenvalue weighted by atomic mass is 9.97. The van der Waals surface area contributed by atoms with Crippen LogP contribution in [-0.2, 0) is 0 Å². The zero-order valence-electron chi connectivity index (χ0n) is 11.9. The highest BCUT2D eigenvalue weighted by atomic mass is 35.5. The molecule has 20 heavy (non-hydrogen) atoms. The summed E-state index contributed by atoms with van der Waals surface area (Å²) < 4.78 is 6.31. The van der Waals surface area contributed by atoms with Crippen LogP contribution in [0.1, 0.15) is 24.0 Å². The molecule has 2 aliphatic heterocycles. The topological polar surface area (TPSA) is 38.5 Å². The average molecular weight is 293 g/mol. The molecule has 1 fully saturated rings. The van der Waals surface area contributed by atoms with Crippen molar-refractivity contribution in [3.63, 3.8) is 0 Å². The number of hydrogen-bond acceptors (Lipinski definition) is 3.